The lowest BCUT2D eigenvalue weighted by atomic mass is 10.4. The molecule has 0 radical (unpaired) electrons. The molecule has 4 nitrogen and oxygen atoms in total. The summed E-state index contributed by atoms with van der Waals surface area (Å²) in [5.74, 6) is 0.902. The summed E-state index contributed by atoms with van der Waals surface area (Å²) in [6, 6.07) is 3.87. The highest BCUT2D eigenvalue weighted by Crippen LogP contribution is 2.13. The molecule has 68 valence electrons. The number of rotatable bonds is 3. The van der Waals surface area contributed by atoms with Gasteiger partial charge in [-0.25, -0.2) is 0 Å². The Labute approximate surface area is 92.5 Å². The molecule has 2 aromatic rings. The summed E-state index contributed by atoms with van der Waals surface area (Å²) in [5, 5.41) is 11.5. The van der Waals surface area contributed by atoms with Gasteiger partial charge in [-0.3, -0.25) is 0 Å². The summed E-state index contributed by atoms with van der Waals surface area (Å²) in [6.45, 7) is 0.651. The van der Waals surface area contributed by atoms with Crippen LogP contribution in [0.25, 0.3) is 0 Å². The summed E-state index contributed by atoms with van der Waals surface area (Å²) >= 11 is 3.61. The van der Waals surface area contributed by atoms with Gasteiger partial charge >= 0.3 is 0 Å². The van der Waals surface area contributed by atoms with Gasteiger partial charge in [0.2, 0.25) is 5.13 Å². The van der Waals surface area contributed by atoms with Gasteiger partial charge in [0.1, 0.15) is 11.3 Å². The molecule has 0 saturated carbocycles. The molecule has 2 rings (SSSR count). The first-order valence-corrected chi connectivity index (χ1v) is 5.55. The Morgan fingerprint density at radius 3 is 3.08 bits per heavy atom. The number of hydrogen-bond donors (Lipinski definition) is 1. The van der Waals surface area contributed by atoms with E-state index in [9.17, 15) is 0 Å². The number of aromatic nitrogens is 2. The number of nitrogens with zero attached hydrogens (tertiary/aromatic N) is 2. The fourth-order valence-electron chi connectivity index (χ4n) is 0.860. The third-order valence-corrected chi connectivity index (χ3v) is 2.63. The number of anilines is 1. The van der Waals surface area contributed by atoms with E-state index in [2.05, 4.69) is 38.1 Å². The van der Waals surface area contributed by atoms with Gasteiger partial charge in [-0.1, -0.05) is 11.3 Å². The second-order valence-electron chi connectivity index (χ2n) is 2.30. The van der Waals surface area contributed by atoms with Gasteiger partial charge in [0.25, 0.3) is 0 Å². The Balaban J connectivity index is 1.93. The zero-order valence-corrected chi connectivity index (χ0v) is 9.50. The zero-order valence-electron chi connectivity index (χ0n) is 6.53. The van der Waals surface area contributed by atoms with E-state index < -0.39 is 0 Å². The molecule has 0 fully saturated rings. The van der Waals surface area contributed by atoms with Crippen molar-refractivity contribution in [3.8, 4) is 0 Å². The lowest BCUT2D eigenvalue weighted by Crippen LogP contribution is -1.97. The van der Waals surface area contributed by atoms with Crippen LogP contribution >= 0.6 is 33.9 Å². The van der Waals surface area contributed by atoms with Gasteiger partial charge in [-0.15, -0.1) is 10.2 Å². The Morgan fingerprint density at radius 1 is 1.54 bits per heavy atom. The topological polar surface area (TPSA) is 51.0 Å². The first-order chi connectivity index (χ1) is 6.34. The van der Waals surface area contributed by atoms with Crippen molar-refractivity contribution in [2.45, 2.75) is 6.54 Å². The molecule has 0 unspecified atom stereocenters. The van der Waals surface area contributed by atoms with Gasteiger partial charge < -0.3 is 9.73 Å². The molecule has 1 N–H and O–H groups in total. The molecule has 6 heteroatoms. The lowest BCUT2D eigenvalue weighted by Gasteiger charge is -1.96. The van der Waals surface area contributed by atoms with Crippen LogP contribution in [-0.2, 0) is 6.54 Å². The average molecular weight is 307 g/mol. The minimum atomic E-state index is 0.651. The molecule has 0 saturated heterocycles. The molecule has 0 aliphatic rings. The number of nitrogens with one attached hydrogen (secondary N) is 1. The van der Waals surface area contributed by atoms with Gasteiger partial charge in [0, 0.05) is 0 Å². The van der Waals surface area contributed by atoms with Crippen LogP contribution in [0.3, 0.4) is 0 Å². The maximum absolute atomic E-state index is 5.36. The molecular formula is C7H6IN3OS. The molecule has 0 aliphatic heterocycles. The van der Waals surface area contributed by atoms with E-state index in [0.29, 0.717) is 6.54 Å². The number of furan rings is 1. The quantitative estimate of drug-likeness (QED) is 0.884. The van der Waals surface area contributed by atoms with E-state index in [1.165, 1.54) is 11.3 Å². The predicted octanol–water partition coefficient (Wildman–Crippen LogP) is 2.35. The summed E-state index contributed by atoms with van der Waals surface area (Å²) < 4.78 is 6.26. The Bertz CT molecular complexity index is 373. The van der Waals surface area contributed by atoms with E-state index in [-0.39, 0.29) is 0 Å². The van der Waals surface area contributed by atoms with Gasteiger partial charge in [-0.05, 0) is 34.7 Å². The maximum atomic E-state index is 5.36. The third kappa shape index (κ3) is 2.41. The van der Waals surface area contributed by atoms with Crippen LogP contribution in [0.4, 0.5) is 5.13 Å². The van der Waals surface area contributed by atoms with Crippen LogP contribution < -0.4 is 5.32 Å². The van der Waals surface area contributed by atoms with E-state index in [0.717, 1.165) is 14.7 Å². The average Bonchev–Trinajstić information content (AvgIpc) is 2.71. The summed E-state index contributed by atoms with van der Waals surface area (Å²) in [7, 11) is 0. The van der Waals surface area contributed by atoms with Crippen LogP contribution in [0.5, 0.6) is 0 Å². The predicted molar refractivity (Wildman–Crippen MR) is 58.7 cm³/mol. The number of hydrogen-bond acceptors (Lipinski definition) is 5. The molecule has 0 atom stereocenters. The van der Waals surface area contributed by atoms with E-state index in [4.69, 9.17) is 4.42 Å². The standard InChI is InChI=1S/C7H6IN3OS/c8-6-2-1-5(12-6)3-9-7-11-10-4-13-7/h1-2,4H,3H2,(H,9,11). The highest BCUT2D eigenvalue weighted by molar-refractivity contribution is 14.1. The SMILES string of the molecule is Ic1ccc(CNc2nncs2)o1. The first-order valence-electron chi connectivity index (χ1n) is 3.59. The Hall–Kier alpha value is -0.630. The molecular weight excluding hydrogens is 301 g/mol. The van der Waals surface area contributed by atoms with Gasteiger partial charge in [0.05, 0.1) is 6.54 Å². The number of halogens is 1. The van der Waals surface area contributed by atoms with Crippen molar-refractivity contribution in [3.63, 3.8) is 0 Å². The second kappa shape index (κ2) is 4.05. The largest absolute Gasteiger partial charge is 0.454 e. The zero-order chi connectivity index (χ0) is 9.10. The van der Waals surface area contributed by atoms with E-state index >= 15 is 0 Å². The summed E-state index contributed by atoms with van der Waals surface area (Å²) in [6.07, 6.45) is 0. The molecule has 0 aliphatic carbocycles. The van der Waals surface area contributed by atoms with Crippen LogP contribution in [0.15, 0.2) is 22.1 Å². The molecule has 0 bridgehead atoms. The smallest absolute Gasteiger partial charge is 0.205 e. The van der Waals surface area contributed by atoms with Crippen molar-refractivity contribution in [1.82, 2.24) is 10.2 Å². The molecule has 0 amide bonds. The van der Waals surface area contributed by atoms with E-state index in [1.807, 2.05) is 12.1 Å². The molecule has 2 heterocycles. The van der Waals surface area contributed by atoms with Crippen LogP contribution in [-0.4, -0.2) is 10.2 Å². The van der Waals surface area contributed by atoms with Crippen molar-refractivity contribution in [3.05, 3.63) is 27.2 Å². The summed E-state index contributed by atoms with van der Waals surface area (Å²) in [5.41, 5.74) is 1.69. The van der Waals surface area contributed by atoms with Crippen LogP contribution in [0.2, 0.25) is 0 Å². The Morgan fingerprint density at radius 2 is 2.46 bits per heavy atom. The van der Waals surface area contributed by atoms with Crippen molar-refractivity contribution in [1.29, 1.82) is 0 Å². The highest BCUT2D eigenvalue weighted by Gasteiger charge is 2.00. The van der Waals surface area contributed by atoms with Gasteiger partial charge in [-0.2, -0.15) is 0 Å². The monoisotopic (exact) mass is 307 g/mol. The van der Waals surface area contributed by atoms with Crippen molar-refractivity contribution in [2.75, 3.05) is 5.32 Å². The fraction of sp³-hybridized carbons (Fsp3) is 0.143. The highest BCUT2D eigenvalue weighted by atomic mass is 127. The lowest BCUT2D eigenvalue weighted by molar-refractivity contribution is 0.492. The van der Waals surface area contributed by atoms with Crippen LogP contribution in [0, 0.1) is 3.77 Å². The molecule has 13 heavy (non-hydrogen) atoms. The molecule has 2 aromatic heterocycles. The van der Waals surface area contributed by atoms with Crippen molar-refractivity contribution >= 4 is 39.1 Å². The Kier molecular flexibility index (Phi) is 2.79. The van der Waals surface area contributed by atoms with Crippen molar-refractivity contribution in [2.24, 2.45) is 0 Å². The maximum Gasteiger partial charge on any atom is 0.205 e. The van der Waals surface area contributed by atoms with Crippen molar-refractivity contribution < 1.29 is 4.42 Å². The molecule has 0 spiro atoms. The minimum absolute atomic E-state index is 0.651. The minimum Gasteiger partial charge on any atom is -0.454 e. The normalized spacial score (nSPS) is 10.2. The summed E-state index contributed by atoms with van der Waals surface area (Å²) in [4.78, 5) is 0. The first kappa shape index (κ1) is 8.95. The molecule has 0 aromatic carbocycles. The third-order valence-electron chi connectivity index (χ3n) is 1.40. The van der Waals surface area contributed by atoms with E-state index in [1.54, 1.807) is 5.51 Å². The fourth-order valence-corrected chi connectivity index (χ4v) is 1.77. The second-order valence-corrected chi connectivity index (χ2v) is 4.20. The van der Waals surface area contributed by atoms with Crippen LogP contribution in [0.1, 0.15) is 5.76 Å². The van der Waals surface area contributed by atoms with Gasteiger partial charge in [0.15, 0.2) is 3.77 Å².